The molecule has 3 nitrogen and oxygen atoms in total. The van der Waals surface area contributed by atoms with Gasteiger partial charge < -0.3 is 10.6 Å². The normalized spacial score (nSPS) is 20.5. The number of rotatable bonds is 4. The molecule has 2 N–H and O–H groups in total. The number of anilines is 1. The van der Waals surface area contributed by atoms with E-state index in [-0.39, 0.29) is 0 Å². The summed E-state index contributed by atoms with van der Waals surface area (Å²) in [7, 11) is 0. The minimum absolute atomic E-state index is 0.667. The van der Waals surface area contributed by atoms with E-state index in [9.17, 15) is 0 Å². The first kappa shape index (κ1) is 10.7. The molecule has 15 heavy (non-hydrogen) atoms. The topological polar surface area (TPSA) is 37.0 Å². The molecule has 2 heterocycles. The van der Waals surface area contributed by atoms with E-state index in [2.05, 4.69) is 15.6 Å². The summed E-state index contributed by atoms with van der Waals surface area (Å²) in [5.74, 6) is 0.789. The predicted octanol–water partition coefficient (Wildman–Crippen LogP) is 2.29. The summed E-state index contributed by atoms with van der Waals surface area (Å²) in [5.41, 5.74) is 0. The zero-order valence-electron chi connectivity index (χ0n) is 8.67. The van der Waals surface area contributed by atoms with Gasteiger partial charge in [0.15, 0.2) is 0 Å². The molecule has 1 aliphatic rings. The van der Waals surface area contributed by atoms with Crippen molar-refractivity contribution in [2.24, 2.45) is 0 Å². The molecule has 1 aliphatic heterocycles. The first-order valence-electron chi connectivity index (χ1n) is 5.44. The lowest BCUT2D eigenvalue weighted by molar-refractivity contribution is 0.574. The van der Waals surface area contributed by atoms with Crippen molar-refractivity contribution >= 4 is 17.4 Å². The van der Waals surface area contributed by atoms with Gasteiger partial charge in [0.05, 0.1) is 5.02 Å². The van der Waals surface area contributed by atoms with E-state index in [1.165, 1.54) is 12.8 Å². The van der Waals surface area contributed by atoms with Crippen LogP contribution >= 0.6 is 11.6 Å². The maximum absolute atomic E-state index is 5.98. The maximum Gasteiger partial charge on any atom is 0.144 e. The standard InChI is InChI=1S/C11H16ClN3/c12-10-4-2-7-14-11(10)15-8-5-9-3-1-6-13-9/h2,4,7,9,13H,1,3,5-6,8H2,(H,14,15). The van der Waals surface area contributed by atoms with Crippen molar-refractivity contribution in [3.63, 3.8) is 0 Å². The highest BCUT2D eigenvalue weighted by Gasteiger charge is 2.13. The molecule has 4 heteroatoms. The lowest BCUT2D eigenvalue weighted by atomic mass is 10.1. The molecule has 0 bridgehead atoms. The Balaban J connectivity index is 1.75. The highest BCUT2D eigenvalue weighted by atomic mass is 35.5. The van der Waals surface area contributed by atoms with Gasteiger partial charge in [0.1, 0.15) is 5.82 Å². The van der Waals surface area contributed by atoms with Crippen LogP contribution in [0.4, 0.5) is 5.82 Å². The van der Waals surface area contributed by atoms with E-state index < -0.39 is 0 Å². The van der Waals surface area contributed by atoms with Gasteiger partial charge in [-0.05, 0) is 37.9 Å². The number of hydrogen-bond donors (Lipinski definition) is 2. The number of nitrogens with one attached hydrogen (secondary N) is 2. The highest BCUT2D eigenvalue weighted by molar-refractivity contribution is 6.32. The number of halogens is 1. The Morgan fingerprint density at radius 3 is 3.27 bits per heavy atom. The van der Waals surface area contributed by atoms with E-state index in [4.69, 9.17) is 11.6 Å². The molecule has 2 rings (SSSR count). The minimum atomic E-state index is 0.667. The van der Waals surface area contributed by atoms with Crippen molar-refractivity contribution in [2.75, 3.05) is 18.4 Å². The molecule has 1 atom stereocenters. The monoisotopic (exact) mass is 225 g/mol. The third-order valence-corrected chi connectivity index (χ3v) is 3.01. The van der Waals surface area contributed by atoms with Crippen LogP contribution in [0.5, 0.6) is 0 Å². The Morgan fingerprint density at radius 2 is 2.53 bits per heavy atom. The van der Waals surface area contributed by atoms with Gasteiger partial charge in [-0.3, -0.25) is 0 Å². The van der Waals surface area contributed by atoms with Crippen molar-refractivity contribution in [1.82, 2.24) is 10.3 Å². The number of aromatic nitrogens is 1. The molecule has 0 aliphatic carbocycles. The van der Waals surface area contributed by atoms with Crippen LogP contribution in [0, 0.1) is 0 Å². The van der Waals surface area contributed by atoms with E-state index >= 15 is 0 Å². The summed E-state index contributed by atoms with van der Waals surface area (Å²) in [4.78, 5) is 4.18. The van der Waals surface area contributed by atoms with Gasteiger partial charge in [-0.25, -0.2) is 4.98 Å². The fraction of sp³-hybridized carbons (Fsp3) is 0.545. The average molecular weight is 226 g/mol. The smallest absolute Gasteiger partial charge is 0.144 e. The van der Waals surface area contributed by atoms with Crippen LogP contribution in [-0.4, -0.2) is 24.1 Å². The summed E-state index contributed by atoms with van der Waals surface area (Å²) < 4.78 is 0. The van der Waals surface area contributed by atoms with Gasteiger partial charge in [-0.1, -0.05) is 11.6 Å². The Kier molecular flexibility index (Phi) is 3.80. The Labute approximate surface area is 95.2 Å². The van der Waals surface area contributed by atoms with Crippen LogP contribution in [0.1, 0.15) is 19.3 Å². The van der Waals surface area contributed by atoms with Gasteiger partial charge in [-0.15, -0.1) is 0 Å². The zero-order chi connectivity index (χ0) is 10.5. The van der Waals surface area contributed by atoms with Crippen molar-refractivity contribution in [2.45, 2.75) is 25.3 Å². The van der Waals surface area contributed by atoms with Crippen LogP contribution in [0.25, 0.3) is 0 Å². The number of nitrogens with zero attached hydrogens (tertiary/aromatic N) is 1. The second-order valence-electron chi connectivity index (χ2n) is 3.84. The van der Waals surface area contributed by atoms with Crippen LogP contribution in [0.15, 0.2) is 18.3 Å². The lowest BCUT2D eigenvalue weighted by Gasteiger charge is -2.11. The van der Waals surface area contributed by atoms with Gasteiger partial charge in [-0.2, -0.15) is 0 Å². The molecule has 0 saturated carbocycles. The van der Waals surface area contributed by atoms with Crippen LogP contribution in [0.2, 0.25) is 5.02 Å². The van der Waals surface area contributed by atoms with E-state index in [0.717, 1.165) is 25.3 Å². The first-order chi connectivity index (χ1) is 7.36. The van der Waals surface area contributed by atoms with Crippen molar-refractivity contribution in [3.8, 4) is 0 Å². The molecule has 0 spiro atoms. The Hall–Kier alpha value is -0.800. The van der Waals surface area contributed by atoms with Crippen molar-refractivity contribution in [1.29, 1.82) is 0 Å². The fourth-order valence-electron chi connectivity index (χ4n) is 1.88. The highest BCUT2D eigenvalue weighted by Crippen LogP contribution is 2.17. The average Bonchev–Trinajstić information content (AvgIpc) is 2.74. The Bertz CT molecular complexity index is 310. The molecule has 1 aromatic heterocycles. The molecule has 1 fully saturated rings. The summed E-state index contributed by atoms with van der Waals surface area (Å²) >= 11 is 5.98. The molecule has 1 aromatic rings. The minimum Gasteiger partial charge on any atom is -0.369 e. The number of hydrogen-bond acceptors (Lipinski definition) is 3. The summed E-state index contributed by atoms with van der Waals surface area (Å²) in [6.45, 7) is 2.09. The SMILES string of the molecule is Clc1cccnc1NCCC1CCCN1. The molecular weight excluding hydrogens is 210 g/mol. The molecule has 82 valence electrons. The fourth-order valence-corrected chi connectivity index (χ4v) is 2.07. The summed E-state index contributed by atoms with van der Waals surface area (Å²) in [6.07, 6.45) is 5.47. The third-order valence-electron chi connectivity index (χ3n) is 2.71. The maximum atomic E-state index is 5.98. The van der Waals surface area contributed by atoms with Crippen LogP contribution < -0.4 is 10.6 Å². The predicted molar refractivity (Wildman–Crippen MR) is 63.4 cm³/mol. The number of pyridine rings is 1. The van der Waals surface area contributed by atoms with Gasteiger partial charge in [0.25, 0.3) is 0 Å². The largest absolute Gasteiger partial charge is 0.369 e. The van der Waals surface area contributed by atoms with Crippen LogP contribution in [-0.2, 0) is 0 Å². The van der Waals surface area contributed by atoms with E-state index in [0.29, 0.717) is 11.1 Å². The molecule has 1 unspecified atom stereocenters. The van der Waals surface area contributed by atoms with E-state index in [1.807, 2.05) is 12.1 Å². The van der Waals surface area contributed by atoms with E-state index in [1.54, 1.807) is 6.20 Å². The molecular formula is C11H16ClN3. The quantitative estimate of drug-likeness (QED) is 0.826. The lowest BCUT2D eigenvalue weighted by Crippen LogP contribution is -2.24. The van der Waals surface area contributed by atoms with Crippen molar-refractivity contribution < 1.29 is 0 Å². The zero-order valence-corrected chi connectivity index (χ0v) is 9.43. The molecule has 0 radical (unpaired) electrons. The first-order valence-corrected chi connectivity index (χ1v) is 5.82. The molecule has 0 amide bonds. The molecule has 0 aromatic carbocycles. The molecule has 1 saturated heterocycles. The second kappa shape index (κ2) is 5.33. The van der Waals surface area contributed by atoms with Gasteiger partial charge in [0, 0.05) is 18.8 Å². The third kappa shape index (κ3) is 3.08. The summed E-state index contributed by atoms with van der Waals surface area (Å²) in [5, 5.41) is 7.41. The van der Waals surface area contributed by atoms with Crippen molar-refractivity contribution in [3.05, 3.63) is 23.4 Å². The van der Waals surface area contributed by atoms with Gasteiger partial charge in [0.2, 0.25) is 0 Å². The Morgan fingerprint density at radius 1 is 1.60 bits per heavy atom. The summed E-state index contributed by atoms with van der Waals surface area (Å²) in [6, 6.07) is 4.36. The van der Waals surface area contributed by atoms with Gasteiger partial charge >= 0.3 is 0 Å². The second-order valence-corrected chi connectivity index (χ2v) is 4.25. The van der Waals surface area contributed by atoms with Crippen LogP contribution in [0.3, 0.4) is 0 Å².